The van der Waals surface area contributed by atoms with Gasteiger partial charge in [-0.1, -0.05) is 36.6 Å². The van der Waals surface area contributed by atoms with Gasteiger partial charge in [-0.05, 0) is 18.9 Å². The van der Waals surface area contributed by atoms with Crippen LogP contribution in [0, 0.1) is 0 Å². The van der Waals surface area contributed by atoms with Crippen molar-refractivity contribution in [2.45, 2.75) is 31.1 Å². The number of rotatable bonds is 2. The average Bonchev–Trinajstić information content (AvgIpc) is 2.72. The van der Waals surface area contributed by atoms with Gasteiger partial charge in [0.2, 0.25) is 0 Å². The molecule has 1 fully saturated rings. The molecule has 2 nitrogen and oxygen atoms in total. The van der Waals surface area contributed by atoms with Gasteiger partial charge in [-0.15, -0.1) is 0 Å². The van der Waals surface area contributed by atoms with Crippen molar-refractivity contribution >= 4 is 11.6 Å². The monoisotopic (exact) mass is 225 g/mol. The molecule has 0 saturated heterocycles. The minimum atomic E-state index is -0.0466. The zero-order chi connectivity index (χ0) is 10.9. The number of phenolic OH excluding ortho intramolecular Hbond substituents is 1. The number of benzene rings is 1. The summed E-state index contributed by atoms with van der Waals surface area (Å²) in [4.78, 5) is 0. The Kier molecular flexibility index (Phi) is 2.89. The second-order valence-electron chi connectivity index (χ2n) is 4.33. The lowest BCUT2D eigenvalue weighted by Crippen LogP contribution is -2.32. The molecule has 0 amide bonds. The van der Waals surface area contributed by atoms with E-state index in [4.69, 9.17) is 17.3 Å². The molecule has 1 aliphatic rings. The SMILES string of the molecule is NCC1(c2cccc(Cl)c2O)CCCC1. The van der Waals surface area contributed by atoms with E-state index < -0.39 is 0 Å². The summed E-state index contributed by atoms with van der Waals surface area (Å²) in [6.07, 6.45) is 4.47. The smallest absolute Gasteiger partial charge is 0.137 e. The van der Waals surface area contributed by atoms with Crippen LogP contribution in [0.4, 0.5) is 0 Å². The third kappa shape index (κ3) is 1.72. The Labute approximate surface area is 95.1 Å². The largest absolute Gasteiger partial charge is 0.506 e. The van der Waals surface area contributed by atoms with Crippen molar-refractivity contribution in [1.82, 2.24) is 0 Å². The number of aromatic hydroxyl groups is 1. The van der Waals surface area contributed by atoms with Gasteiger partial charge in [0.25, 0.3) is 0 Å². The maximum absolute atomic E-state index is 9.97. The molecule has 2 rings (SSSR count). The Morgan fingerprint density at radius 1 is 1.33 bits per heavy atom. The Bertz CT molecular complexity index is 359. The molecule has 0 bridgehead atoms. The highest BCUT2D eigenvalue weighted by molar-refractivity contribution is 6.32. The summed E-state index contributed by atoms with van der Waals surface area (Å²) in [6.45, 7) is 0.584. The summed E-state index contributed by atoms with van der Waals surface area (Å²) in [5.41, 5.74) is 6.74. The number of hydrogen-bond donors (Lipinski definition) is 2. The zero-order valence-corrected chi connectivity index (χ0v) is 9.43. The summed E-state index contributed by atoms with van der Waals surface area (Å²) in [7, 11) is 0. The van der Waals surface area contributed by atoms with Crippen molar-refractivity contribution in [3.63, 3.8) is 0 Å². The third-order valence-corrected chi connectivity index (χ3v) is 3.81. The highest BCUT2D eigenvalue weighted by Gasteiger charge is 2.36. The fraction of sp³-hybridized carbons (Fsp3) is 0.500. The summed E-state index contributed by atoms with van der Waals surface area (Å²) in [6, 6.07) is 5.53. The molecule has 1 aromatic carbocycles. The Balaban J connectivity index is 2.47. The third-order valence-electron chi connectivity index (χ3n) is 3.51. The number of para-hydroxylation sites is 1. The minimum Gasteiger partial charge on any atom is -0.506 e. The lowest BCUT2D eigenvalue weighted by molar-refractivity contribution is 0.406. The fourth-order valence-electron chi connectivity index (χ4n) is 2.58. The molecule has 0 aromatic heterocycles. The number of phenols is 1. The second kappa shape index (κ2) is 4.03. The van der Waals surface area contributed by atoms with Gasteiger partial charge in [-0.2, -0.15) is 0 Å². The van der Waals surface area contributed by atoms with E-state index in [1.165, 1.54) is 12.8 Å². The molecule has 15 heavy (non-hydrogen) atoms. The van der Waals surface area contributed by atoms with Crippen LogP contribution >= 0.6 is 11.6 Å². The molecule has 0 radical (unpaired) electrons. The van der Waals surface area contributed by atoms with Crippen LogP contribution in [0.25, 0.3) is 0 Å². The Morgan fingerprint density at radius 3 is 2.60 bits per heavy atom. The van der Waals surface area contributed by atoms with Gasteiger partial charge in [0.15, 0.2) is 0 Å². The number of halogens is 1. The predicted molar refractivity (Wildman–Crippen MR) is 62.3 cm³/mol. The summed E-state index contributed by atoms with van der Waals surface area (Å²) >= 11 is 5.92. The van der Waals surface area contributed by atoms with Crippen LogP contribution in [0.3, 0.4) is 0 Å². The second-order valence-corrected chi connectivity index (χ2v) is 4.73. The van der Waals surface area contributed by atoms with E-state index in [0.29, 0.717) is 11.6 Å². The van der Waals surface area contributed by atoms with E-state index >= 15 is 0 Å². The number of nitrogens with two attached hydrogens (primary N) is 1. The lowest BCUT2D eigenvalue weighted by Gasteiger charge is -2.28. The van der Waals surface area contributed by atoms with Gasteiger partial charge < -0.3 is 10.8 Å². The maximum Gasteiger partial charge on any atom is 0.137 e. The van der Waals surface area contributed by atoms with Crippen LogP contribution in [-0.4, -0.2) is 11.7 Å². The van der Waals surface area contributed by atoms with Crippen LogP contribution in [0.15, 0.2) is 18.2 Å². The molecule has 82 valence electrons. The van der Waals surface area contributed by atoms with Gasteiger partial charge in [0, 0.05) is 17.5 Å². The molecule has 0 atom stereocenters. The normalized spacial score (nSPS) is 19.3. The van der Waals surface area contributed by atoms with Crippen LogP contribution < -0.4 is 5.73 Å². The van der Waals surface area contributed by atoms with Crippen molar-refractivity contribution in [3.8, 4) is 5.75 Å². The molecular formula is C12H16ClNO. The molecule has 3 N–H and O–H groups in total. The molecule has 3 heteroatoms. The van der Waals surface area contributed by atoms with Crippen LogP contribution in [0.5, 0.6) is 5.75 Å². The average molecular weight is 226 g/mol. The summed E-state index contributed by atoms with van der Waals surface area (Å²) in [5.74, 6) is 0.214. The fourth-order valence-corrected chi connectivity index (χ4v) is 2.75. The molecule has 1 aliphatic carbocycles. The van der Waals surface area contributed by atoms with E-state index in [-0.39, 0.29) is 11.2 Å². The molecule has 0 aliphatic heterocycles. The van der Waals surface area contributed by atoms with E-state index in [2.05, 4.69) is 0 Å². The maximum atomic E-state index is 9.97. The molecule has 0 spiro atoms. The predicted octanol–water partition coefficient (Wildman–Crippen LogP) is 2.82. The quantitative estimate of drug-likeness (QED) is 0.813. The van der Waals surface area contributed by atoms with Gasteiger partial charge in [0.05, 0.1) is 5.02 Å². The van der Waals surface area contributed by atoms with Crippen molar-refractivity contribution < 1.29 is 5.11 Å². The van der Waals surface area contributed by atoms with Gasteiger partial charge >= 0.3 is 0 Å². The number of hydrogen-bond acceptors (Lipinski definition) is 2. The van der Waals surface area contributed by atoms with Crippen LogP contribution in [-0.2, 0) is 5.41 Å². The van der Waals surface area contributed by atoms with E-state index in [1.807, 2.05) is 12.1 Å². The van der Waals surface area contributed by atoms with Gasteiger partial charge in [-0.25, -0.2) is 0 Å². The molecule has 0 heterocycles. The molecule has 1 aromatic rings. The summed E-state index contributed by atoms with van der Waals surface area (Å²) in [5, 5.41) is 10.4. The minimum absolute atomic E-state index is 0.0466. The van der Waals surface area contributed by atoms with Crippen molar-refractivity contribution in [2.24, 2.45) is 5.73 Å². The molecule has 1 saturated carbocycles. The first-order chi connectivity index (χ1) is 7.19. The van der Waals surface area contributed by atoms with E-state index in [9.17, 15) is 5.11 Å². The Morgan fingerprint density at radius 2 is 2.00 bits per heavy atom. The lowest BCUT2D eigenvalue weighted by atomic mass is 9.78. The zero-order valence-electron chi connectivity index (χ0n) is 8.67. The first-order valence-electron chi connectivity index (χ1n) is 5.38. The van der Waals surface area contributed by atoms with Crippen molar-refractivity contribution in [1.29, 1.82) is 0 Å². The van der Waals surface area contributed by atoms with Crippen molar-refractivity contribution in [3.05, 3.63) is 28.8 Å². The van der Waals surface area contributed by atoms with Crippen molar-refractivity contribution in [2.75, 3.05) is 6.54 Å². The van der Waals surface area contributed by atoms with E-state index in [0.717, 1.165) is 18.4 Å². The summed E-state index contributed by atoms with van der Waals surface area (Å²) < 4.78 is 0. The van der Waals surface area contributed by atoms with E-state index in [1.54, 1.807) is 6.07 Å². The standard InChI is InChI=1S/C12H16ClNO/c13-10-5-3-4-9(11(10)15)12(8-14)6-1-2-7-12/h3-5,15H,1-2,6-8,14H2. The van der Waals surface area contributed by atoms with Crippen LogP contribution in [0.1, 0.15) is 31.2 Å². The molecule has 0 unspecified atom stereocenters. The van der Waals surface area contributed by atoms with Gasteiger partial charge in [0.1, 0.15) is 5.75 Å². The Hall–Kier alpha value is -0.730. The first-order valence-corrected chi connectivity index (χ1v) is 5.75. The molecular weight excluding hydrogens is 210 g/mol. The van der Waals surface area contributed by atoms with Gasteiger partial charge in [-0.3, -0.25) is 0 Å². The highest BCUT2D eigenvalue weighted by atomic mass is 35.5. The van der Waals surface area contributed by atoms with Crippen LogP contribution in [0.2, 0.25) is 5.02 Å². The highest BCUT2D eigenvalue weighted by Crippen LogP contribution is 2.45. The topological polar surface area (TPSA) is 46.2 Å². The first kappa shape index (κ1) is 10.8.